The van der Waals surface area contributed by atoms with Gasteiger partial charge in [0, 0.05) is 18.7 Å². The number of ether oxygens (including phenoxy) is 2. The topological polar surface area (TPSA) is 50.7 Å². The molecule has 0 saturated carbocycles. The van der Waals surface area contributed by atoms with Gasteiger partial charge in [0.1, 0.15) is 12.4 Å². The summed E-state index contributed by atoms with van der Waals surface area (Å²) in [5, 5.41) is 13.4. The van der Waals surface area contributed by atoms with E-state index in [9.17, 15) is 9.50 Å². The van der Waals surface area contributed by atoms with Crippen molar-refractivity contribution in [1.29, 1.82) is 0 Å². The van der Waals surface area contributed by atoms with Crippen LogP contribution in [-0.2, 0) is 13.2 Å². The molecule has 5 heteroatoms. The lowest BCUT2D eigenvalue weighted by atomic mass is 10.1. The lowest BCUT2D eigenvalue weighted by Gasteiger charge is -2.14. The minimum absolute atomic E-state index is 0.129. The van der Waals surface area contributed by atoms with Crippen LogP contribution in [0.5, 0.6) is 11.5 Å². The molecular formula is C23H24FNO3. The summed E-state index contributed by atoms with van der Waals surface area (Å²) in [7, 11) is 1.57. The summed E-state index contributed by atoms with van der Waals surface area (Å²) >= 11 is 0. The summed E-state index contributed by atoms with van der Waals surface area (Å²) < 4.78 is 24.9. The normalized spacial score (nSPS) is 11.8. The second kappa shape index (κ2) is 9.88. The largest absolute Gasteiger partial charge is 0.493 e. The molecular weight excluding hydrogens is 357 g/mol. The second-order valence-corrected chi connectivity index (χ2v) is 6.42. The fourth-order valence-corrected chi connectivity index (χ4v) is 2.86. The van der Waals surface area contributed by atoms with Crippen LogP contribution in [0.4, 0.5) is 4.39 Å². The average molecular weight is 381 g/mol. The van der Waals surface area contributed by atoms with Gasteiger partial charge in [0.2, 0.25) is 0 Å². The Morgan fingerprint density at radius 1 is 0.964 bits per heavy atom. The average Bonchev–Trinajstić information content (AvgIpc) is 2.74. The Morgan fingerprint density at radius 3 is 2.46 bits per heavy atom. The molecule has 0 bridgehead atoms. The summed E-state index contributed by atoms with van der Waals surface area (Å²) in [6.07, 6.45) is -0.563. The fraction of sp³-hybridized carbons (Fsp3) is 0.217. The van der Waals surface area contributed by atoms with Crippen molar-refractivity contribution < 1.29 is 19.0 Å². The monoisotopic (exact) mass is 381 g/mol. The van der Waals surface area contributed by atoms with E-state index in [2.05, 4.69) is 5.32 Å². The van der Waals surface area contributed by atoms with Gasteiger partial charge in [-0.3, -0.25) is 0 Å². The number of aliphatic hydroxyl groups excluding tert-OH is 1. The molecule has 0 spiro atoms. The highest BCUT2D eigenvalue weighted by atomic mass is 19.1. The van der Waals surface area contributed by atoms with Crippen LogP contribution in [0.2, 0.25) is 0 Å². The number of methoxy groups -OCH3 is 1. The number of aliphatic hydroxyl groups is 1. The lowest BCUT2D eigenvalue weighted by Crippen LogP contribution is -2.21. The van der Waals surface area contributed by atoms with Crippen molar-refractivity contribution in [1.82, 2.24) is 5.32 Å². The summed E-state index contributed by atoms with van der Waals surface area (Å²) in [6.45, 7) is 1.15. The van der Waals surface area contributed by atoms with Crippen LogP contribution in [0.25, 0.3) is 0 Å². The molecule has 4 nitrogen and oxygen atoms in total. The summed E-state index contributed by atoms with van der Waals surface area (Å²) in [5.74, 6) is 0.845. The maximum Gasteiger partial charge on any atom is 0.161 e. The Morgan fingerprint density at radius 2 is 1.71 bits per heavy atom. The van der Waals surface area contributed by atoms with Gasteiger partial charge in [0.15, 0.2) is 11.5 Å². The molecule has 3 aromatic carbocycles. The molecule has 0 aliphatic rings. The maximum absolute atomic E-state index is 13.7. The molecule has 0 aromatic heterocycles. The molecule has 0 fully saturated rings. The maximum atomic E-state index is 13.7. The number of hydrogen-bond donors (Lipinski definition) is 2. The number of hydrogen-bond acceptors (Lipinski definition) is 4. The van der Waals surface area contributed by atoms with Gasteiger partial charge >= 0.3 is 0 Å². The van der Waals surface area contributed by atoms with E-state index >= 15 is 0 Å². The molecule has 0 amide bonds. The Bertz CT molecular complexity index is 886. The predicted octanol–water partition coefficient (Wildman–Crippen LogP) is 4.24. The quantitative estimate of drug-likeness (QED) is 0.582. The van der Waals surface area contributed by atoms with E-state index in [1.165, 1.54) is 6.07 Å². The van der Waals surface area contributed by atoms with E-state index in [0.29, 0.717) is 30.2 Å². The second-order valence-electron chi connectivity index (χ2n) is 6.42. The van der Waals surface area contributed by atoms with E-state index in [4.69, 9.17) is 9.47 Å². The van der Waals surface area contributed by atoms with Crippen LogP contribution in [0.1, 0.15) is 22.8 Å². The first-order valence-corrected chi connectivity index (χ1v) is 9.14. The Kier molecular flexibility index (Phi) is 7.00. The van der Waals surface area contributed by atoms with Crippen LogP contribution < -0.4 is 14.8 Å². The van der Waals surface area contributed by atoms with Gasteiger partial charge in [-0.2, -0.15) is 0 Å². The van der Waals surface area contributed by atoms with Crippen molar-refractivity contribution >= 4 is 0 Å². The van der Waals surface area contributed by atoms with E-state index < -0.39 is 6.10 Å². The van der Waals surface area contributed by atoms with E-state index in [1.54, 1.807) is 25.3 Å². The van der Waals surface area contributed by atoms with Crippen molar-refractivity contribution in [3.8, 4) is 11.5 Å². The molecule has 3 rings (SSSR count). The Hall–Kier alpha value is -2.89. The number of benzene rings is 3. The summed E-state index contributed by atoms with van der Waals surface area (Å²) in [4.78, 5) is 0. The van der Waals surface area contributed by atoms with E-state index in [-0.39, 0.29) is 12.4 Å². The molecule has 3 aromatic rings. The van der Waals surface area contributed by atoms with Crippen LogP contribution in [-0.4, -0.2) is 18.8 Å². The smallest absolute Gasteiger partial charge is 0.161 e. The minimum atomic E-state index is -0.563. The van der Waals surface area contributed by atoms with Crippen molar-refractivity contribution in [3.05, 3.63) is 95.3 Å². The van der Waals surface area contributed by atoms with Gasteiger partial charge in [0.05, 0.1) is 13.2 Å². The highest BCUT2D eigenvalue weighted by Crippen LogP contribution is 2.29. The fourth-order valence-electron chi connectivity index (χ4n) is 2.86. The molecule has 0 radical (unpaired) electrons. The molecule has 2 N–H and O–H groups in total. The van der Waals surface area contributed by atoms with Crippen molar-refractivity contribution in [2.75, 3.05) is 13.7 Å². The van der Waals surface area contributed by atoms with Crippen molar-refractivity contribution in [2.45, 2.75) is 19.3 Å². The Balaban J connectivity index is 1.56. The van der Waals surface area contributed by atoms with Crippen LogP contribution >= 0.6 is 0 Å². The van der Waals surface area contributed by atoms with Gasteiger partial charge in [-0.05, 0) is 29.3 Å². The standard InChI is InChI=1S/C23H24FNO3/c1-27-23-13-17(14-25-15-21(26)18-7-3-2-4-8-18)11-12-22(23)28-16-19-9-5-6-10-20(19)24/h2-13,21,25-26H,14-16H2,1H3. The van der Waals surface area contributed by atoms with Gasteiger partial charge in [-0.1, -0.05) is 54.6 Å². The highest BCUT2D eigenvalue weighted by Gasteiger charge is 2.09. The van der Waals surface area contributed by atoms with Crippen LogP contribution in [0.3, 0.4) is 0 Å². The first kappa shape index (κ1) is 19.9. The molecule has 28 heavy (non-hydrogen) atoms. The lowest BCUT2D eigenvalue weighted by molar-refractivity contribution is 0.174. The molecule has 146 valence electrons. The summed E-state index contributed by atoms with van der Waals surface area (Å²) in [6, 6.07) is 21.7. The van der Waals surface area contributed by atoms with Gasteiger partial charge < -0.3 is 19.9 Å². The SMILES string of the molecule is COc1cc(CNCC(O)c2ccccc2)ccc1OCc1ccccc1F. The van der Waals surface area contributed by atoms with E-state index in [0.717, 1.165) is 11.1 Å². The van der Waals surface area contributed by atoms with Crippen LogP contribution in [0, 0.1) is 5.82 Å². The minimum Gasteiger partial charge on any atom is -0.493 e. The molecule has 0 aliphatic heterocycles. The third-order valence-electron chi connectivity index (χ3n) is 4.42. The zero-order valence-corrected chi connectivity index (χ0v) is 15.8. The highest BCUT2D eigenvalue weighted by molar-refractivity contribution is 5.43. The number of nitrogens with one attached hydrogen (secondary N) is 1. The van der Waals surface area contributed by atoms with E-state index in [1.807, 2.05) is 48.5 Å². The first-order chi connectivity index (χ1) is 13.7. The van der Waals surface area contributed by atoms with Crippen LogP contribution in [0.15, 0.2) is 72.8 Å². The first-order valence-electron chi connectivity index (χ1n) is 9.14. The predicted molar refractivity (Wildman–Crippen MR) is 107 cm³/mol. The third kappa shape index (κ3) is 5.31. The zero-order valence-electron chi connectivity index (χ0n) is 15.8. The number of halogens is 1. The van der Waals surface area contributed by atoms with Gasteiger partial charge in [-0.15, -0.1) is 0 Å². The van der Waals surface area contributed by atoms with Crippen molar-refractivity contribution in [3.63, 3.8) is 0 Å². The summed E-state index contributed by atoms with van der Waals surface area (Å²) in [5.41, 5.74) is 2.37. The van der Waals surface area contributed by atoms with Gasteiger partial charge in [0.25, 0.3) is 0 Å². The zero-order chi connectivity index (χ0) is 19.8. The third-order valence-corrected chi connectivity index (χ3v) is 4.42. The molecule has 1 atom stereocenters. The molecule has 0 saturated heterocycles. The van der Waals surface area contributed by atoms with Gasteiger partial charge in [-0.25, -0.2) is 4.39 Å². The number of rotatable bonds is 9. The van der Waals surface area contributed by atoms with Crippen molar-refractivity contribution in [2.24, 2.45) is 0 Å². The molecule has 0 heterocycles. The molecule has 1 unspecified atom stereocenters. The Labute approximate surface area is 164 Å². The molecule has 0 aliphatic carbocycles.